The number of rotatable bonds is 6. The van der Waals surface area contributed by atoms with Gasteiger partial charge in [0.05, 0.1) is 0 Å². The lowest BCUT2D eigenvalue weighted by Crippen LogP contribution is -2.17. The summed E-state index contributed by atoms with van der Waals surface area (Å²) in [6, 6.07) is 0. The van der Waals surface area contributed by atoms with Crippen LogP contribution in [0.5, 0.6) is 0 Å². The highest BCUT2D eigenvalue weighted by molar-refractivity contribution is 6.28. The minimum absolute atomic E-state index is 0.227. The van der Waals surface area contributed by atoms with Crippen LogP contribution >= 0.6 is 11.6 Å². The molecule has 1 aliphatic carbocycles. The molecule has 0 aliphatic heterocycles. The van der Waals surface area contributed by atoms with Gasteiger partial charge in [0.15, 0.2) is 0 Å². The molecule has 5 nitrogen and oxygen atoms in total. The van der Waals surface area contributed by atoms with Gasteiger partial charge in [0, 0.05) is 13.1 Å². The number of hydrogen-bond donors (Lipinski definition) is 2. The second-order valence-electron chi connectivity index (χ2n) is 5.64. The second-order valence-corrected chi connectivity index (χ2v) is 5.97. The van der Waals surface area contributed by atoms with Crippen molar-refractivity contribution in [1.82, 2.24) is 15.0 Å². The monoisotopic (exact) mass is 297 g/mol. The third kappa shape index (κ3) is 4.78. The molecule has 1 aromatic rings. The molecule has 1 fully saturated rings. The Kier molecular flexibility index (Phi) is 5.83. The maximum absolute atomic E-state index is 5.89. The first-order valence-corrected chi connectivity index (χ1v) is 7.94. The average Bonchev–Trinajstić information content (AvgIpc) is 2.38. The first kappa shape index (κ1) is 15.3. The summed E-state index contributed by atoms with van der Waals surface area (Å²) in [5.74, 6) is 2.80. The molecule has 20 heavy (non-hydrogen) atoms. The van der Waals surface area contributed by atoms with E-state index in [0.29, 0.717) is 11.9 Å². The summed E-state index contributed by atoms with van der Waals surface area (Å²) in [6.07, 6.45) is 6.63. The predicted molar refractivity (Wildman–Crippen MR) is 83.2 cm³/mol. The highest BCUT2D eigenvalue weighted by Gasteiger charge is 2.18. The van der Waals surface area contributed by atoms with Gasteiger partial charge in [0.25, 0.3) is 0 Å². The summed E-state index contributed by atoms with van der Waals surface area (Å²) < 4.78 is 0. The fourth-order valence-electron chi connectivity index (χ4n) is 2.88. The second kappa shape index (κ2) is 7.62. The van der Waals surface area contributed by atoms with Crippen LogP contribution < -0.4 is 10.6 Å². The Bertz CT molecular complexity index is 426. The van der Waals surface area contributed by atoms with Crippen molar-refractivity contribution < 1.29 is 0 Å². The molecule has 2 atom stereocenters. The van der Waals surface area contributed by atoms with Gasteiger partial charge in [-0.3, -0.25) is 0 Å². The third-order valence-electron chi connectivity index (χ3n) is 3.82. The van der Waals surface area contributed by atoms with Crippen molar-refractivity contribution in [3.05, 3.63) is 5.28 Å². The molecule has 0 saturated heterocycles. The first-order valence-electron chi connectivity index (χ1n) is 7.56. The van der Waals surface area contributed by atoms with Crippen molar-refractivity contribution in [2.75, 3.05) is 23.7 Å². The number of hydrogen-bond acceptors (Lipinski definition) is 5. The smallest absolute Gasteiger partial charge is 0.228 e. The van der Waals surface area contributed by atoms with E-state index < -0.39 is 0 Å². The van der Waals surface area contributed by atoms with Gasteiger partial charge >= 0.3 is 0 Å². The highest BCUT2D eigenvalue weighted by Crippen LogP contribution is 2.30. The maximum atomic E-state index is 5.89. The lowest BCUT2D eigenvalue weighted by Gasteiger charge is -2.26. The van der Waals surface area contributed by atoms with E-state index in [9.17, 15) is 0 Å². The Morgan fingerprint density at radius 2 is 1.90 bits per heavy atom. The summed E-state index contributed by atoms with van der Waals surface area (Å²) in [4.78, 5) is 12.4. The molecule has 2 rings (SSSR count). The summed E-state index contributed by atoms with van der Waals surface area (Å²) in [7, 11) is 0. The third-order valence-corrected chi connectivity index (χ3v) is 3.99. The van der Waals surface area contributed by atoms with Crippen LogP contribution in [0.3, 0.4) is 0 Å². The van der Waals surface area contributed by atoms with Crippen LogP contribution in [0, 0.1) is 11.8 Å². The van der Waals surface area contributed by atoms with Crippen LogP contribution in [0.25, 0.3) is 0 Å². The summed E-state index contributed by atoms with van der Waals surface area (Å²) in [5, 5.41) is 6.53. The number of nitrogens with one attached hydrogen (secondary N) is 2. The fourth-order valence-corrected chi connectivity index (χ4v) is 3.04. The quantitative estimate of drug-likeness (QED) is 0.840. The number of halogens is 1. The molecule has 0 radical (unpaired) electrons. The van der Waals surface area contributed by atoms with E-state index >= 15 is 0 Å². The molecule has 1 saturated carbocycles. The number of aromatic nitrogens is 3. The lowest BCUT2D eigenvalue weighted by atomic mass is 9.81. The van der Waals surface area contributed by atoms with Crippen molar-refractivity contribution in [2.45, 2.75) is 46.0 Å². The van der Waals surface area contributed by atoms with Crippen LogP contribution in [0.15, 0.2) is 0 Å². The lowest BCUT2D eigenvalue weighted by molar-refractivity contribution is 0.274. The Hall–Kier alpha value is -1.10. The molecular formula is C14H24ClN5. The highest BCUT2D eigenvalue weighted by atomic mass is 35.5. The van der Waals surface area contributed by atoms with Gasteiger partial charge in [-0.2, -0.15) is 15.0 Å². The normalized spacial score (nSPS) is 22.6. The molecular weight excluding hydrogens is 274 g/mol. The first-order chi connectivity index (χ1) is 9.67. The molecule has 2 N–H and O–H groups in total. The zero-order valence-corrected chi connectivity index (χ0v) is 13.1. The van der Waals surface area contributed by atoms with Crippen LogP contribution in [0.2, 0.25) is 5.28 Å². The van der Waals surface area contributed by atoms with Gasteiger partial charge in [-0.25, -0.2) is 0 Å². The van der Waals surface area contributed by atoms with Crippen molar-refractivity contribution in [1.29, 1.82) is 0 Å². The molecule has 0 bridgehead atoms. The van der Waals surface area contributed by atoms with E-state index in [0.717, 1.165) is 24.9 Å². The Morgan fingerprint density at radius 3 is 2.60 bits per heavy atom. The summed E-state index contributed by atoms with van der Waals surface area (Å²) in [5.41, 5.74) is 0. The molecule has 112 valence electrons. The standard InChI is InChI=1S/C14H24ClN5/c1-3-16-13-18-12(15)19-14(20-13)17-8-7-11-6-4-5-10(2)9-11/h10-11H,3-9H2,1-2H3,(H2,16,17,18,19,20). The van der Waals surface area contributed by atoms with E-state index in [2.05, 4.69) is 32.5 Å². The van der Waals surface area contributed by atoms with Gasteiger partial charge in [-0.05, 0) is 43.2 Å². The van der Waals surface area contributed by atoms with Gasteiger partial charge < -0.3 is 10.6 Å². The van der Waals surface area contributed by atoms with Crippen molar-refractivity contribution in [2.24, 2.45) is 11.8 Å². The molecule has 0 amide bonds. The van der Waals surface area contributed by atoms with E-state index in [-0.39, 0.29) is 5.28 Å². The van der Waals surface area contributed by atoms with Gasteiger partial charge in [-0.15, -0.1) is 0 Å². The topological polar surface area (TPSA) is 62.7 Å². The molecule has 1 aromatic heterocycles. The summed E-state index contributed by atoms with van der Waals surface area (Å²) in [6.45, 7) is 6.01. The van der Waals surface area contributed by atoms with E-state index in [4.69, 9.17) is 11.6 Å². The zero-order chi connectivity index (χ0) is 14.4. The molecule has 2 unspecified atom stereocenters. The van der Waals surface area contributed by atoms with E-state index in [1.165, 1.54) is 32.1 Å². The molecule has 1 aliphatic rings. The van der Waals surface area contributed by atoms with E-state index in [1.54, 1.807) is 0 Å². The van der Waals surface area contributed by atoms with Gasteiger partial charge in [0.2, 0.25) is 17.2 Å². The fraction of sp³-hybridized carbons (Fsp3) is 0.786. The van der Waals surface area contributed by atoms with Crippen molar-refractivity contribution in [3.8, 4) is 0 Å². The van der Waals surface area contributed by atoms with Crippen LogP contribution in [0.1, 0.15) is 46.0 Å². The van der Waals surface area contributed by atoms with Crippen LogP contribution in [-0.2, 0) is 0 Å². The minimum Gasteiger partial charge on any atom is -0.354 e. The Balaban J connectivity index is 1.81. The average molecular weight is 298 g/mol. The minimum atomic E-state index is 0.227. The predicted octanol–water partition coefficient (Wildman–Crippen LogP) is 3.59. The zero-order valence-electron chi connectivity index (χ0n) is 12.3. The molecule has 0 aromatic carbocycles. The van der Waals surface area contributed by atoms with Crippen LogP contribution in [0.4, 0.5) is 11.9 Å². The Labute approximate surface area is 126 Å². The van der Waals surface area contributed by atoms with Crippen LogP contribution in [-0.4, -0.2) is 28.0 Å². The number of anilines is 2. The molecule has 1 heterocycles. The maximum Gasteiger partial charge on any atom is 0.228 e. The Morgan fingerprint density at radius 1 is 1.15 bits per heavy atom. The molecule has 0 spiro atoms. The summed E-state index contributed by atoms with van der Waals surface area (Å²) >= 11 is 5.89. The van der Waals surface area contributed by atoms with Crippen molar-refractivity contribution in [3.63, 3.8) is 0 Å². The van der Waals surface area contributed by atoms with E-state index in [1.807, 2.05) is 6.92 Å². The largest absolute Gasteiger partial charge is 0.354 e. The molecule has 6 heteroatoms. The van der Waals surface area contributed by atoms with Gasteiger partial charge in [-0.1, -0.05) is 26.2 Å². The SMILES string of the molecule is CCNc1nc(Cl)nc(NCCC2CCCC(C)C2)n1. The van der Waals surface area contributed by atoms with Crippen molar-refractivity contribution >= 4 is 23.5 Å². The number of nitrogens with zero attached hydrogens (tertiary/aromatic N) is 3. The van der Waals surface area contributed by atoms with Gasteiger partial charge in [0.1, 0.15) is 0 Å².